The number of amides is 3. The lowest BCUT2D eigenvalue weighted by atomic mass is 10.1. The molecule has 3 aromatic rings. The predicted octanol–water partition coefficient (Wildman–Crippen LogP) is 3.34. The monoisotopic (exact) mass is 368 g/mol. The third-order valence-electron chi connectivity index (χ3n) is 4.12. The average molecular weight is 368 g/mol. The van der Waals surface area contributed by atoms with Gasteiger partial charge in [0.2, 0.25) is 0 Å². The van der Waals surface area contributed by atoms with Crippen LogP contribution in [0.5, 0.6) is 0 Å². The Kier molecular flexibility index (Phi) is 5.20. The van der Waals surface area contributed by atoms with Gasteiger partial charge in [0.15, 0.2) is 5.82 Å². The van der Waals surface area contributed by atoms with Crippen molar-refractivity contribution in [3.63, 3.8) is 0 Å². The summed E-state index contributed by atoms with van der Waals surface area (Å²) in [6.07, 6.45) is 0.387. The zero-order valence-corrected chi connectivity index (χ0v) is 14.9. The van der Waals surface area contributed by atoms with E-state index in [4.69, 9.17) is 0 Å². The molecule has 2 heterocycles. The fraction of sp³-hybridized carbons (Fsp3) is 0.222. The maximum absolute atomic E-state index is 12.2. The molecule has 0 saturated carbocycles. The number of rotatable bonds is 5. The number of H-pyrrole nitrogens is 1. The second kappa shape index (κ2) is 7.73. The predicted molar refractivity (Wildman–Crippen MR) is 102 cm³/mol. The van der Waals surface area contributed by atoms with Crippen LogP contribution in [0.25, 0.3) is 10.9 Å². The summed E-state index contributed by atoms with van der Waals surface area (Å²) < 4.78 is 0. The van der Waals surface area contributed by atoms with Crippen molar-refractivity contribution in [3.05, 3.63) is 48.2 Å². The summed E-state index contributed by atoms with van der Waals surface area (Å²) >= 11 is 0. The first-order valence-corrected chi connectivity index (χ1v) is 8.46. The van der Waals surface area contributed by atoms with E-state index in [1.807, 2.05) is 37.3 Å². The molecule has 2 aromatic heterocycles. The largest absolute Gasteiger partial charge is 0.465 e. The third kappa shape index (κ3) is 3.97. The van der Waals surface area contributed by atoms with Gasteiger partial charge in [-0.25, -0.2) is 14.6 Å². The molecule has 0 spiro atoms. The van der Waals surface area contributed by atoms with E-state index in [2.05, 4.69) is 25.8 Å². The maximum Gasteiger partial charge on any atom is 0.413 e. The molecule has 0 aliphatic rings. The van der Waals surface area contributed by atoms with Crippen molar-refractivity contribution in [3.8, 4) is 0 Å². The highest BCUT2D eigenvalue weighted by atomic mass is 16.4. The number of aromatic amines is 1. The Hall–Kier alpha value is -3.62. The van der Waals surface area contributed by atoms with E-state index in [1.165, 1.54) is 6.20 Å². The molecule has 140 valence electrons. The van der Waals surface area contributed by atoms with Crippen molar-refractivity contribution in [1.82, 2.24) is 20.5 Å². The number of carboxylic acid groups (broad SMARTS) is 1. The molecule has 27 heavy (non-hydrogen) atoms. The second-order valence-electron chi connectivity index (χ2n) is 5.92. The van der Waals surface area contributed by atoms with Crippen molar-refractivity contribution >= 4 is 34.7 Å². The van der Waals surface area contributed by atoms with Crippen LogP contribution in [-0.4, -0.2) is 39.0 Å². The number of carbonyl (C=O) groups excluding carboxylic acids is 1. The van der Waals surface area contributed by atoms with E-state index in [0.717, 1.165) is 10.5 Å². The summed E-state index contributed by atoms with van der Waals surface area (Å²) in [6, 6.07) is 10.7. The molecule has 9 nitrogen and oxygen atoms in total. The Morgan fingerprint density at radius 2 is 2.04 bits per heavy atom. The second-order valence-corrected chi connectivity index (χ2v) is 5.92. The molecule has 1 unspecified atom stereocenters. The van der Waals surface area contributed by atoms with Gasteiger partial charge in [-0.3, -0.25) is 15.3 Å². The van der Waals surface area contributed by atoms with E-state index < -0.39 is 12.1 Å². The Morgan fingerprint density at radius 1 is 1.30 bits per heavy atom. The number of aromatic nitrogens is 3. The number of anilines is 2. The fourth-order valence-corrected chi connectivity index (χ4v) is 2.72. The molecule has 0 radical (unpaired) electrons. The topological polar surface area (TPSA) is 123 Å². The summed E-state index contributed by atoms with van der Waals surface area (Å²) in [5, 5.41) is 22.1. The number of nitrogens with zero attached hydrogens (tertiary/aromatic N) is 3. The Balaban J connectivity index is 1.72. The molecular weight excluding hydrogens is 348 g/mol. The Labute approximate surface area is 155 Å². The molecule has 1 aromatic carbocycles. The van der Waals surface area contributed by atoms with Crippen molar-refractivity contribution in [1.29, 1.82) is 0 Å². The van der Waals surface area contributed by atoms with Gasteiger partial charge in [0.1, 0.15) is 5.82 Å². The van der Waals surface area contributed by atoms with Crippen LogP contribution in [0.4, 0.5) is 21.2 Å². The SMILES string of the molecule is CCN(C(=O)O)c1n[nH]c2cc(NC(=O)NC(C)c3ccccc3)ncc12. The minimum absolute atomic E-state index is 0.164. The van der Waals surface area contributed by atoms with Crippen LogP contribution in [0.1, 0.15) is 25.5 Å². The summed E-state index contributed by atoms with van der Waals surface area (Å²) in [4.78, 5) is 28.8. The number of fused-ring (bicyclic) bond motifs is 1. The quantitative estimate of drug-likeness (QED) is 0.550. The highest BCUT2D eigenvalue weighted by molar-refractivity contribution is 5.99. The normalized spacial score (nSPS) is 11.8. The molecule has 0 saturated heterocycles. The molecule has 0 aliphatic heterocycles. The van der Waals surface area contributed by atoms with Gasteiger partial charge in [-0.1, -0.05) is 30.3 Å². The average Bonchev–Trinajstić information content (AvgIpc) is 3.05. The number of nitrogens with one attached hydrogen (secondary N) is 3. The maximum atomic E-state index is 12.2. The van der Waals surface area contributed by atoms with E-state index in [0.29, 0.717) is 16.7 Å². The third-order valence-corrected chi connectivity index (χ3v) is 4.12. The summed E-state index contributed by atoms with van der Waals surface area (Å²) in [5.41, 5.74) is 1.56. The van der Waals surface area contributed by atoms with E-state index in [1.54, 1.807) is 13.0 Å². The summed E-state index contributed by atoms with van der Waals surface area (Å²) in [7, 11) is 0. The zero-order chi connectivity index (χ0) is 19.4. The first-order chi connectivity index (χ1) is 13.0. The Bertz CT molecular complexity index is 956. The number of hydrogen-bond donors (Lipinski definition) is 4. The highest BCUT2D eigenvalue weighted by Gasteiger charge is 2.19. The number of benzene rings is 1. The lowest BCUT2D eigenvalue weighted by Gasteiger charge is -2.15. The van der Waals surface area contributed by atoms with Gasteiger partial charge in [0, 0.05) is 18.8 Å². The van der Waals surface area contributed by atoms with Crippen molar-refractivity contribution in [2.75, 3.05) is 16.8 Å². The molecule has 3 amide bonds. The van der Waals surface area contributed by atoms with Gasteiger partial charge in [0.05, 0.1) is 16.9 Å². The van der Waals surface area contributed by atoms with Gasteiger partial charge in [0.25, 0.3) is 0 Å². The minimum atomic E-state index is -1.10. The van der Waals surface area contributed by atoms with Crippen LogP contribution in [0, 0.1) is 0 Å². The molecular formula is C18H20N6O3. The summed E-state index contributed by atoms with van der Waals surface area (Å²) in [5.74, 6) is 0.607. The van der Waals surface area contributed by atoms with E-state index >= 15 is 0 Å². The highest BCUT2D eigenvalue weighted by Crippen LogP contribution is 2.25. The molecule has 0 fully saturated rings. The zero-order valence-electron chi connectivity index (χ0n) is 14.9. The van der Waals surface area contributed by atoms with Crippen molar-refractivity contribution in [2.24, 2.45) is 0 Å². The fourth-order valence-electron chi connectivity index (χ4n) is 2.72. The van der Waals surface area contributed by atoms with Crippen LogP contribution >= 0.6 is 0 Å². The van der Waals surface area contributed by atoms with Crippen LogP contribution in [0.2, 0.25) is 0 Å². The van der Waals surface area contributed by atoms with Gasteiger partial charge < -0.3 is 10.4 Å². The summed E-state index contributed by atoms with van der Waals surface area (Å²) in [6.45, 7) is 3.86. The minimum Gasteiger partial charge on any atom is -0.465 e. The Morgan fingerprint density at radius 3 is 2.70 bits per heavy atom. The number of carbonyl (C=O) groups is 2. The van der Waals surface area contributed by atoms with Crippen molar-refractivity contribution < 1.29 is 14.7 Å². The standard InChI is InChI=1S/C18H20N6O3/c1-3-24(18(26)27)16-13-10-19-15(9-14(13)22-23-16)21-17(25)20-11(2)12-7-5-4-6-8-12/h4-11H,3H2,1-2H3,(H,22,23)(H,26,27)(H2,19,20,21,25). The van der Waals surface area contributed by atoms with Crippen LogP contribution < -0.4 is 15.5 Å². The number of urea groups is 1. The molecule has 0 aliphatic carbocycles. The molecule has 1 atom stereocenters. The van der Waals surface area contributed by atoms with Crippen LogP contribution in [-0.2, 0) is 0 Å². The van der Waals surface area contributed by atoms with Gasteiger partial charge in [-0.2, -0.15) is 5.10 Å². The van der Waals surface area contributed by atoms with Crippen molar-refractivity contribution in [2.45, 2.75) is 19.9 Å². The molecule has 9 heteroatoms. The number of hydrogen-bond acceptors (Lipinski definition) is 4. The van der Waals surface area contributed by atoms with E-state index in [9.17, 15) is 14.7 Å². The lowest BCUT2D eigenvalue weighted by Crippen LogP contribution is -2.31. The molecule has 3 rings (SSSR count). The van der Waals surface area contributed by atoms with E-state index in [-0.39, 0.29) is 18.4 Å². The molecule has 4 N–H and O–H groups in total. The van der Waals surface area contributed by atoms with Gasteiger partial charge in [-0.15, -0.1) is 0 Å². The lowest BCUT2D eigenvalue weighted by molar-refractivity contribution is 0.202. The smallest absolute Gasteiger partial charge is 0.413 e. The molecule has 0 bridgehead atoms. The van der Waals surface area contributed by atoms with Crippen LogP contribution in [0.3, 0.4) is 0 Å². The number of pyridine rings is 1. The first kappa shape index (κ1) is 18.2. The van der Waals surface area contributed by atoms with Crippen LogP contribution in [0.15, 0.2) is 42.6 Å². The first-order valence-electron chi connectivity index (χ1n) is 8.46. The van der Waals surface area contributed by atoms with Gasteiger partial charge >= 0.3 is 12.1 Å². The van der Waals surface area contributed by atoms with Gasteiger partial charge in [-0.05, 0) is 19.4 Å².